The lowest BCUT2D eigenvalue weighted by Crippen LogP contribution is -2.29. The van der Waals surface area contributed by atoms with Crippen LogP contribution in [0.5, 0.6) is 0 Å². The molecule has 1 amide bonds. The van der Waals surface area contributed by atoms with E-state index in [-0.39, 0.29) is 17.8 Å². The third-order valence-corrected chi connectivity index (χ3v) is 7.87. The maximum atomic E-state index is 13.8. The van der Waals surface area contributed by atoms with E-state index in [1.54, 1.807) is 12.1 Å². The molecule has 0 aromatic heterocycles. The van der Waals surface area contributed by atoms with Gasteiger partial charge in [0.2, 0.25) is 0 Å². The van der Waals surface area contributed by atoms with Crippen LogP contribution in [0.15, 0.2) is 106 Å². The molecule has 0 fully saturated rings. The summed E-state index contributed by atoms with van der Waals surface area (Å²) in [6, 6.07) is 32.0. The normalized spacial score (nSPS) is 12.9. The second-order valence-electron chi connectivity index (χ2n) is 7.74. The van der Waals surface area contributed by atoms with Gasteiger partial charge in [-0.15, -0.1) is 0 Å². The highest BCUT2D eigenvalue weighted by molar-refractivity contribution is 14.1. The molecule has 1 aliphatic rings. The van der Waals surface area contributed by atoms with Gasteiger partial charge in [-0.05, 0) is 53.6 Å². The Bertz CT molecular complexity index is 1270. The molecule has 4 aromatic rings. The first-order valence-electron chi connectivity index (χ1n) is 10.5. The first-order valence-corrected chi connectivity index (χ1v) is 12.5. The third kappa shape index (κ3) is 4.30. The van der Waals surface area contributed by atoms with Crippen molar-refractivity contribution < 1.29 is 9.18 Å². The zero-order valence-corrected chi connectivity index (χ0v) is 20.1. The lowest BCUT2D eigenvalue weighted by molar-refractivity contribution is 0.0867. The molecule has 0 unspecified atom stereocenters. The molecule has 33 heavy (non-hydrogen) atoms. The number of hydrogen-bond donors (Lipinski definition) is 0. The predicted molar refractivity (Wildman–Crippen MR) is 138 cm³/mol. The van der Waals surface area contributed by atoms with E-state index >= 15 is 0 Å². The molecule has 4 aromatic carbocycles. The van der Waals surface area contributed by atoms with Gasteiger partial charge in [-0.2, -0.15) is 0 Å². The molecule has 5 rings (SSSR count). The summed E-state index contributed by atoms with van der Waals surface area (Å²) in [7, 11) is 1.90. The molecule has 1 aliphatic heterocycles. The average Bonchev–Trinajstić information content (AvgIpc) is 2.87. The lowest BCUT2D eigenvalue weighted by atomic mass is 9.98. The summed E-state index contributed by atoms with van der Waals surface area (Å²) < 4.78 is 20.1. The van der Waals surface area contributed by atoms with Crippen molar-refractivity contribution in [2.45, 2.75) is 6.04 Å². The van der Waals surface area contributed by atoms with E-state index < -0.39 is 21.3 Å². The summed E-state index contributed by atoms with van der Waals surface area (Å²) in [5, 5.41) is 0. The van der Waals surface area contributed by atoms with Crippen molar-refractivity contribution in [1.82, 2.24) is 3.11 Å². The van der Waals surface area contributed by atoms with E-state index in [4.69, 9.17) is 3.15 Å². The quantitative estimate of drug-likeness (QED) is 0.191. The molecule has 4 nitrogen and oxygen atoms in total. The molecule has 0 spiro atoms. The van der Waals surface area contributed by atoms with Gasteiger partial charge < -0.3 is 4.90 Å². The predicted octanol–water partition coefficient (Wildman–Crippen LogP) is 7.54. The maximum absolute atomic E-state index is 13.8. The van der Waals surface area contributed by atoms with Crippen LogP contribution in [0.2, 0.25) is 0 Å². The van der Waals surface area contributed by atoms with Crippen molar-refractivity contribution in [1.29, 1.82) is 0 Å². The number of fused-ring (bicyclic) bond motifs is 1. The third-order valence-electron chi connectivity index (χ3n) is 5.67. The van der Waals surface area contributed by atoms with E-state index in [2.05, 4.69) is 24.3 Å². The highest BCUT2D eigenvalue weighted by atomic mass is 127. The summed E-state index contributed by atoms with van der Waals surface area (Å²) in [5.74, 6) is -0.293. The molecule has 0 bridgehead atoms. The molecule has 1 heterocycles. The number of carbonyl (C=O) groups is 1. The van der Waals surface area contributed by atoms with Gasteiger partial charge in [-0.25, -0.2) is 7.54 Å². The van der Waals surface area contributed by atoms with Gasteiger partial charge in [-0.1, -0.05) is 60.7 Å². The van der Waals surface area contributed by atoms with Crippen LogP contribution in [0, 0.1) is 5.82 Å². The van der Waals surface area contributed by atoms with E-state index in [0.29, 0.717) is 5.56 Å². The van der Waals surface area contributed by atoms with E-state index in [1.807, 2.05) is 69.7 Å². The zero-order valence-electron chi connectivity index (χ0n) is 17.9. The number of nitrogens with zero attached hydrogens (tertiary/aromatic N) is 3. The van der Waals surface area contributed by atoms with Gasteiger partial charge in [0.05, 0.1) is 17.3 Å². The van der Waals surface area contributed by atoms with Gasteiger partial charge in [0.15, 0.2) is 0 Å². The largest absolute Gasteiger partial charge is 0.345 e. The van der Waals surface area contributed by atoms with Crippen LogP contribution in [0.4, 0.5) is 21.5 Å². The molecule has 0 N–H and O–H groups in total. The summed E-state index contributed by atoms with van der Waals surface area (Å²) >= 11 is -0.893. The fourth-order valence-corrected chi connectivity index (χ4v) is 6.14. The Labute approximate surface area is 202 Å². The monoisotopic (exact) mass is 549 g/mol. The van der Waals surface area contributed by atoms with Crippen molar-refractivity contribution in [2.75, 3.05) is 11.9 Å². The van der Waals surface area contributed by atoms with E-state index in [1.165, 1.54) is 12.1 Å². The second kappa shape index (κ2) is 9.23. The van der Waals surface area contributed by atoms with Gasteiger partial charge in [-0.3, -0.25) is 7.91 Å². The highest BCUT2D eigenvalue weighted by Crippen LogP contribution is 2.43. The van der Waals surface area contributed by atoms with Gasteiger partial charge >= 0.3 is 0 Å². The van der Waals surface area contributed by atoms with Crippen LogP contribution in [-0.2, 0) is 0 Å². The van der Waals surface area contributed by atoms with Crippen LogP contribution in [0.25, 0.3) is 0 Å². The van der Waals surface area contributed by atoms with Gasteiger partial charge in [0.25, 0.3) is 5.91 Å². The Hall–Kier alpha value is -3.39. The number of anilines is 2. The Balaban J connectivity index is 1.53. The SMILES string of the molecule is CN(c1ccc(F)cc1)c1ccc2c(c1)C(=O)N(C(c1ccccc1)c1ccccc1)I=N2. The van der Waals surface area contributed by atoms with Crippen LogP contribution < -0.4 is 4.90 Å². The summed E-state index contributed by atoms with van der Waals surface area (Å²) in [6.45, 7) is 0. The fraction of sp³-hybridized carbons (Fsp3) is 0.0741. The molecular formula is C27H21FIN3O. The van der Waals surface area contributed by atoms with Crippen molar-refractivity contribution >= 4 is 44.3 Å². The lowest BCUT2D eigenvalue weighted by Gasteiger charge is -2.31. The van der Waals surface area contributed by atoms with Gasteiger partial charge in [0.1, 0.15) is 27.1 Å². The molecular weight excluding hydrogens is 528 g/mol. The average molecular weight is 549 g/mol. The number of hydrogen-bond acceptors (Lipinski definition) is 3. The van der Waals surface area contributed by atoms with E-state index in [0.717, 1.165) is 28.2 Å². The van der Waals surface area contributed by atoms with Crippen LogP contribution in [0.3, 0.4) is 0 Å². The summed E-state index contributed by atoms with van der Waals surface area (Å²) in [5.41, 5.74) is 5.14. The Morgan fingerprint density at radius 2 is 1.39 bits per heavy atom. The molecule has 0 radical (unpaired) electrons. The zero-order chi connectivity index (χ0) is 22.8. The van der Waals surface area contributed by atoms with Crippen LogP contribution >= 0.6 is 21.3 Å². The summed E-state index contributed by atoms with van der Waals surface area (Å²) in [6.07, 6.45) is 0. The maximum Gasteiger partial charge on any atom is 0.266 e. The Kier molecular flexibility index (Phi) is 6.00. The smallest absolute Gasteiger partial charge is 0.266 e. The van der Waals surface area contributed by atoms with E-state index in [9.17, 15) is 9.18 Å². The van der Waals surface area contributed by atoms with Crippen LogP contribution in [0.1, 0.15) is 27.5 Å². The second-order valence-corrected chi connectivity index (χ2v) is 9.69. The number of rotatable bonds is 5. The number of carbonyl (C=O) groups excluding carboxylic acids is 1. The molecule has 0 saturated heterocycles. The molecule has 0 aliphatic carbocycles. The van der Waals surface area contributed by atoms with Crippen LogP contribution in [-0.4, -0.2) is 16.1 Å². The van der Waals surface area contributed by atoms with Gasteiger partial charge in [0, 0.05) is 18.4 Å². The first kappa shape index (κ1) is 21.5. The molecule has 164 valence electrons. The fourth-order valence-electron chi connectivity index (χ4n) is 3.91. The minimum absolute atomic E-state index is 0.0140. The topological polar surface area (TPSA) is 35.9 Å². The van der Waals surface area contributed by atoms with Crippen molar-refractivity contribution in [3.63, 3.8) is 0 Å². The Morgan fingerprint density at radius 3 is 2.00 bits per heavy atom. The van der Waals surface area contributed by atoms with Crippen molar-refractivity contribution in [3.8, 4) is 0 Å². The number of amides is 1. The summed E-state index contributed by atoms with van der Waals surface area (Å²) in [4.78, 5) is 15.7. The molecule has 0 atom stereocenters. The number of halogens is 2. The molecule has 6 heteroatoms. The number of benzene rings is 4. The minimum Gasteiger partial charge on any atom is -0.345 e. The minimum atomic E-state index is -0.893. The highest BCUT2D eigenvalue weighted by Gasteiger charge is 2.31. The van der Waals surface area contributed by atoms with Crippen molar-refractivity contribution in [2.24, 2.45) is 3.15 Å². The molecule has 0 saturated carbocycles. The standard InChI is InChI=1S/C27H21FIN3O/c1-31(22-14-12-21(28)13-15-22)23-16-17-25-24(18-23)27(33)32(29-30-25)26(19-8-4-2-5-9-19)20-10-6-3-7-11-20/h2-18,26H,1H3. The Morgan fingerprint density at radius 1 is 0.818 bits per heavy atom. The van der Waals surface area contributed by atoms with Crippen molar-refractivity contribution in [3.05, 3.63) is 126 Å². The first-order chi connectivity index (χ1) is 16.1.